The summed E-state index contributed by atoms with van der Waals surface area (Å²) < 4.78 is 18.4. The average Bonchev–Trinajstić information content (AvgIpc) is 3.32. The number of carbonyl (C=O) groups is 5. The number of nitrogens with zero attached hydrogens (tertiary/aromatic N) is 4. The van der Waals surface area contributed by atoms with Crippen molar-refractivity contribution in [2.24, 2.45) is 22.6 Å². The number of aryl methyl sites for hydroxylation is 1. The number of aromatic nitrogens is 2. The van der Waals surface area contributed by atoms with Crippen LogP contribution in [0.25, 0.3) is 22.5 Å². The van der Waals surface area contributed by atoms with Crippen LogP contribution >= 0.6 is 0 Å². The molecular weight excluding hydrogens is 909 g/mol. The maximum absolute atomic E-state index is 14.8. The molecule has 20 heteroatoms. The maximum Gasteiger partial charge on any atom is 0.257 e. The molecule has 1 aliphatic heterocycles. The highest BCUT2D eigenvalue weighted by molar-refractivity contribution is 6.02. The second-order valence-electron chi connectivity index (χ2n) is 18.5. The maximum atomic E-state index is 14.8. The second kappa shape index (κ2) is 25.5. The average molecular weight is 977 g/mol. The summed E-state index contributed by atoms with van der Waals surface area (Å²) in [6.07, 6.45) is 1.89. The monoisotopic (exact) mass is 977 g/mol. The summed E-state index contributed by atoms with van der Waals surface area (Å²) in [5.41, 5.74) is 27.0. The second-order valence-corrected chi connectivity index (χ2v) is 18.5. The lowest BCUT2D eigenvalue weighted by atomic mass is 9.93. The van der Waals surface area contributed by atoms with E-state index in [1.165, 1.54) is 18.9 Å². The fourth-order valence-corrected chi connectivity index (χ4v) is 7.73. The number of amides is 5. The molecule has 1 aromatic heterocycles. The van der Waals surface area contributed by atoms with Gasteiger partial charge in [0.1, 0.15) is 59.3 Å². The van der Waals surface area contributed by atoms with E-state index in [9.17, 15) is 29.2 Å². The van der Waals surface area contributed by atoms with Gasteiger partial charge in [0.2, 0.25) is 23.6 Å². The topological polar surface area (TPSA) is 318 Å². The van der Waals surface area contributed by atoms with Crippen LogP contribution in [0.15, 0.2) is 60.7 Å². The third kappa shape index (κ3) is 14.8. The Morgan fingerprint density at radius 2 is 1.52 bits per heavy atom. The van der Waals surface area contributed by atoms with E-state index in [1.807, 2.05) is 18.2 Å². The Labute approximate surface area is 414 Å². The Balaban J connectivity index is 1.53. The van der Waals surface area contributed by atoms with Crippen LogP contribution in [0.5, 0.6) is 17.2 Å². The largest absolute Gasteiger partial charge is 0.494 e. The fraction of sp³-hybridized carbons (Fsp3) is 0.451. The van der Waals surface area contributed by atoms with Crippen molar-refractivity contribution in [2.75, 3.05) is 58.8 Å². The zero-order valence-corrected chi connectivity index (χ0v) is 41.4. The van der Waals surface area contributed by atoms with Crippen LogP contribution < -0.4 is 58.4 Å². The molecule has 0 radical (unpaired) electrons. The molecule has 2 heterocycles. The number of hydrogen-bond acceptors (Lipinski definition) is 15. The lowest BCUT2D eigenvalue weighted by Gasteiger charge is -2.32. The predicted molar refractivity (Wildman–Crippen MR) is 269 cm³/mol. The third-order valence-electron chi connectivity index (χ3n) is 11.7. The molecule has 0 fully saturated rings. The first-order chi connectivity index (χ1) is 33.9. The van der Waals surface area contributed by atoms with Gasteiger partial charge < -0.3 is 63.3 Å². The first-order valence-corrected chi connectivity index (χ1v) is 23.7. The van der Waals surface area contributed by atoms with Crippen molar-refractivity contribution in [1.82, 2.24) is 36.1 Å². The molecule has 5 amide bonds. The normalized spacial score (nSPS) is 16.3. The van der Waals surface area contributed by atoms with Gasteiger partial charge in [0.05, 0.1) is 31.6 Å². The van der Waals surface area contributed by atoms with Gasteiger partial charge in [0.25, 0.3) is 5.91 Å². The summed E-state index contributed by atoms with van der Waals surface area (Å²) in [4.78, 5) is 81.0. The molecule has 20 nitrogen and oxygen atoms in total. The molecular formula is C51H68N12O8. The molecule has 5 rings (SSSR count). The Hall–Kier alpha value is -7.34. The first-order valence-electron chi connectivity index (χ1n) is 23.7. The van der Waals surface area contributed by atoms with E-state index in [1.54, 1.807) is 55.5 Å². The molecule has 380 valence electrons. The van der Waals surface area contributed by atoms with Gasteiger partial charge in [-0.3, -0.25) is 24.0 Å². The van der Waals surface area contributed by atoms with Crippen LogP contribution in [0.3, 0.4) is 0 Å². The molecule has 0 saturated heterocycles. The molecule has 1 aliphatic rings. The van der Waals surface area contributed by atoms with Crippen LogP contribution in [0, 0.1) is 23.7 Å². The standard InChI is InChI=1S/C51H68N12O8/c1-30-42(44(56)62-45(58-30)33-10-13-35(14-11-33)69-26-18-51(3,4)5)48(66)60-38(17-21-54)50(68)63(6)43-34-12-16-41(71-25-8-20-53)37(29-34)36-27-32(9-15-40(36)70-24-7-19-52)28-39(47(65)57-23-22-55)61-46(64)31(2)59-49(43)67/h9-16,27,29,31,38-39,43H,7-8,17-21,23-26,28,52-54H2,1-6H3,(H,57,65)(H,59,67)(H,60,66)(H,61,64)(H2,56,58,62). The van der Waals surface area contributed by atoms with Crippen molar-refractivity contribution in [1.29, 1.82) is 5.26 Å². The van der Waals surface area contributed by atoms with Gasteiger partial charge in [-0.1, -0.05) is 32.9 Å². The zero-order valence-electron chi connectivity index (χ0n) is 41.4. The third-order valence-corrected chi connectivity index (χ3v) is 11.7. The number of anilines is 1. The highest BCUT2D eigenvalue weighted by atomic mass is 16.5. The lowest BCUT2D eigenvalue weighted by molar-refractivity contribution is -0.141. The molecule has 0 spiro atoms. The Morgan fingerprint density at radius 3 is 2.13 bits per heavy atom. The number of rotatable bonds is 20. The lowest BCUT2D eigenvalue weighted by Crippen LogP contribution is -2.56. The summed E-state index contributed by atoms with van der Waals surface area (Å²) in [6.45, 7) is 10.9. The number of nitrogens with one attached hydrogen (secondary N) is 4. The Bertz CT molecular complexity index is 2540. The van der Waals surface area contributed by atoms with E-state index in [0.717, 1.165) is 6.42 Å². The van der Waals surface area contributed by atoms with E-state index in [2.05, 4.69) is 52.0 Å². The van der Waals surface area contributed by atoms with Crippen molar-refractivity contribution in [3.05, 3.63) is 83.0 Å². The molecule has 0 aliphatic carbocycles. The number of fused-ring (bicyclic) bond motifs is 5. The van der Waals surface area contributed by atoms with Gasteiger partial charge in [-0.2, -0.15) is 5.26 Å². The number of likely N-dealkylation sites (N-methyl/N-ethyl adjacent to an activating group) is 1. The molecule has 0 saturated carbocycles. The van der Waals surface area contributed by atoms with Crippen molar-refractivity contribution in [2.45, 2.75) is 90.9 Å². The predicted octanol–water partition coefficient (Wildman–Crippen LogP) is 2.80. The van der Waals surface area contributed by atoms with Gasteiger partial charge in [0.15, 0.2) is 5.82 Å². The molecule has 4 aromatic rings. The minimum atomic E-state index is -1.43. The number of ether oxygens (including phenoxy) is 3. The molecule has 3 aromatic carbocycles. The van der Waals surface area contributed by atoms with Crippen molar-refractivity contribution in [3.8, 4) is 45.8 Å². The van der Waals surface area contributed by atoms with Gasteiger partial charge in [-0.25, -0.2) is 9.97 Å². The van der Waals surface area contributed by atoms with Crippen LogP contribution in [0.1, 0.15) is 86.6 Å². The van der Waals surface area contributed by atoms with Crippen LogP contribution in [0.2, 0.25) is 0 Å². The number of hydrogen-bond donors (Lipinski definition) is 8. The summed E-state index contributed by atoms with van der Waals surface area (Å²) in [5, 5.41) is 19.9. The molecule has 4 atom stereocenters. The van der Waals surface area contributed by atoms with Gasteiger partial charge in [-0.05, 0) is 124 Å². The zero-order chi connectivity index (χ0) is 51.8. The highest BCUT2D eigenvalue weighted by Crippen LogP contribution is 2.40. The summed E-state index contributed by atoms with van der Waals surface area (Å²) in [6, 6.07) is 14.2. The summed E-state index contributed by atoms with van der Waals surface area (Å²) >= 11 is 0. The van der Waals surface area contributed by atoms with Crippen LogP contribution in [-0.4, -0.2) is 116 Å². The number of nitriles is 1. The summed E-state index contributed by atoms with van der Waals surface area (Å²) in [5.74, 6) is -1.88. The highest BCUT2D eigenvalue weighted by Gasteiger charge is 2.36. The number of benzene rings is 3. The van der Waals surface area contributed by atoms with Gasteiger partial charge >= 0.3 is 0 Å². The van der Waals surface area contributed by atoms with E-state index in [4.69, 9.17) is 37.1 Å². The van der Waals surface area contributed by atoms with E-state index in [-0.39, 0.29) is 67.5 Å². The Morgan fingerprint density at radius 1 is 0.873 bits per heavy atom. The molecule has 4 unspecified atom stereocenters. The molecule has 12 N–H and O–H groups in total. The van der Waals surface area contributed by atoms with Crippen molar-refractivity contribution in [3.63, 3.8) is 0 Å². The quantitative estimate of drug-likeness (QED) is 0.0466. The van der Waals surface area contributed by atoms with Gasteiger partial charge in [0, 0.05) is 30.2 Å². The van der Waals surface area contributed by atoms with Gasteiger partial charge in [-0.15, -0.1) is 0 Å². The number of nitrogens with two attached hydrogens (primary N) is 4. The fourth-order valence-electron chi connectivity index (χ4n) is 7.73. The minimum absolute atomic E-state index is 0.000151. The first kappa shape index (κ1) is 54.6. The van der Waals surface area contributed by atoms with Crippen molar-refractivity contribution >= 4 is 35.4 Å². The van der Waals surface area contributed by atoms with E-state index >= 15 is 0 Å². The van der Waals surface area contributed by atoms with E-state index in [0.29, 0.717) is 77.6 Å². The number of carbonyl (C=O) groups excluding carboxylic acids is 5. The van der Waals surface area contributed by atoms with E-state index < -0.39 is 53.7 Å². The Kier molecular flexibility index (Phi) is 19.6. The number of nitrogen functional groups attached to an aromatic ring is 1. The smallest absolute Gasteiger partial charge is 0.257 e. The minimum Gasteiger partial charge on any atom is -0.494 e. The van der Waals surface area contributed by atoms with Crippen molar-refractivity contribution < 1.29 is 38.2 Å². The molecule has 71 heavy (non-hydrogen) atoms. The van der Waals surface area contributed by atoms with Crippen LogP contribution in [0.4, 0.5) is 5.82 Å². The summed E-state index contributed by atoms with van der Waals surface area (Å²) in [7, 11) is 1.40. The van der Waals surface area contributed by atoms with Crippen LogP contribution in [-0.2, 0) is 25.6 Å². The molecule has 4 bridgehead atoms. The SMILES string of the molecule is Cc1nc(-c2ccc(OCCC(C)(C)C)cc2)nc(N)c1C(=O)NC(CCN)C(=O)N(C)C1C(=O)NC(C)C(=O)NC(C(=O)NCC#N)Cc2ccc(OCCCN)c(c2)-c2cc1ccc2OCCCN.